The van der Waals surface area contributed by atoms with Crippen LogP contribution >= 0.6 is 0 Å². The Morgan fingerprint density at radius 3 is 2.31 bits per heavy atom. The van der Waals surface area contributed by atoms with Crippen LogP contribution in [0, 0.1) is 5.92 Å². The molecular formula is C32H36N2O8. The molecule has 1 saturated heterocycles. The molecule has 0 unspecified atom stereocenters. The van der Waals surface area contributed by atoms with E-state index in [1.807, 2.05) is 54.6 Å². The van der Waals surface area contributed by atoms with Crippen LogP contribution < -0.4 is 19.1 Å². The zero-order valence-electron chi connectivity index (χ0n) is 24.1. The van der Waals surface area contributed by atoms with Gasteiger partial charge < -0.3 is 34.1 Å². The summed E-state index contributed by atoms with van der Waals surface area (Å²) in [5.74, 6) is -1.43. The number of hydrogen-bond donors (Lipinski definition) is 2. The van der Waals surface area contributed by atoms with Crippen molar-refractivity contribution >= 4 is 11.6 Å². The van der Waals surface area contributed by atoms with Crippen molar-refractivity contribution in [2.75, 3.05) is 59.6 Å². The fourth-order valence-electron chi connectivity index (χ4n) is 6.98. The van der Waals surface area contributed by atoms with E-state index in [9.17, 15) is 15.0 Å². The zero-order chi connectivity index (χ0) is 29.6. The average molecular weight is 577 g/mol. The van der Waals surface area contributed by atoms with Crippen molar-refractivity contribution in [2.45, 2.75) is 23.2 Å². The number of anilines is 1. The van der Waals surface area contributed by atoms with E-state index in [0.29, 0.717) is 35.8 Å². The topological polar surface area (TPSA) is 110 Å². The lowest BCUT2D eigenvalue weighted by Crippen LogP contribution is -2.52. The van der Waals surface area contributed by atoms with E-state index in [1.54, 1.807) is 12.1 Å². The van der Waals surface area contributed by atoms with Gasteiger partial charge in [-0.1, -0.05) is 42.5 Å². The van der Waals surface area contributed by atoms with E-state index < -0.39 is 35.0 Å². The summed E-state index contributed by atoms with van der Waals surface area (Å²) in [6.45, 7) is 2.81. The number of nitrogens with zero attached hydrogens (tertiary/aromatic N) is 2. The first-order valence-electron chi connectivity index (χ1n) is 14.0. The van der Waals surface area contributed by atoms with Crippen molar-refractivity contribution in [2.24, 2.45) is 5.92 Å². The van der Waals surface area contributed by atoms with E-state index in [-0.39, 0.29) is 11.3 Å². The predicted octanol–water partition coefficient (Wildman–Crippen LogP) is 2.81. The highest BCUT2D eigenvalue weighted by molar-refractivity contribution is 5.82. The molecule has 10 heteroatoms. The molecule has 3 aromatic rings. The Bertz CT molecular complexity index is 1440. The average Bonchev–Trinajstić information content (AvgIpc) is 3.42. The molecule has 6 rings (SSSR count). The number of amides is 1. The van der Waals surface area contributed by atoms with Gasteiger partial charge in [-0.3, -0.25) is 9.63 Å². The number of ether oxygens (including phenoxy) is 4. The van der Waals surface area contributed by atoms with Crippen LogP contribution in [-0.2, 0) is 25.6 Å². The summed E-state index contributed by atoms with van der Waals surface area (Å²) in [4.78, 5) is 21.5. The van der Waals surface area contributed by atoms with E-state index in [1.165, 1.54) is 28.4 Å². The smallest absolute Gasteiger partial charge is 0.252 e. The summed E-state index contributed by atoms with van der Waals surface area (Å²) >= 11 is 0. The quantitative estimate of drug-likeness (QED) is 0.411. The second-order valence-corrected chi connectivity index (χ2v) is 10.8. The summed E-state index contributed by atoms with van der Waals surface area (Å²) in [7, 11) is 5.88. The number of carbonyl (C=O) groups excluding carboxylic acids is 1. The van der Waals surface area contributed by atoms with Crippen LogP contribution in [0.2, 0.25) is 0 Å². The molecule has 1 saturated carbocycles. The van der Waals surface area contributed by atoms with E-state index in [0.717, 1.165) is 23.8 Å². The van der Waals surface area contributed by atoms with Crippen molar-refractivity contribution < 1.29 is 38.8 Å². The Morgan fingerprint density at radius 2 is 1.69 bits per heavy atom. The summed E-state index contributed by atoms with van der Waals surface area (Å²) in [5, 5.41) is 26.3. The van der Waals surface area contributed by atoms with Crippen LogP contribution in [0.5, 0.6) is 17.2 Å². The lowest BCUT2D eigenvalue weighted by molar-refractivity contribution is -0.181. The minimum Gasteiger partial charge on any atom is -0.496 e. The first-order chi connectivity index (χ1) is 20.3. The van der Waals surface area contributed by atoms with Gasteiger partial charge in [0.05, 0.1) is 46.0 Å². The van der Waals surface area contributed by atoms with Crippen molar-refractivity contribution in [1.82, 2.24) is 5.06 Å². The molecule has 2 aliphatic heterocycles. The molecule has 42 heavy (non-hydrogen) atoms. The third-order valence-electron chi connectivity index (χ3n) is 8.98. The Kier molecular flexibility index (Phi) is 7.26. The second-order valence-electron chi connectivity index (χ2n) is 10.8. The maximum Gasteiger partial charge on any atom is 0.252 e. The van der Waals surface area contributed by atoms with Crippen molar-refractivity contribution in [3.8, 4) is 17.2 Å². The van der Waals surface area contributed by atoms with E-state index in [2.05, 4.69) is 4.90 Å². The Balaban J connectivity index is 1.62. The Labute approximate surface area is 244 Å². The maximum absolute atomic E-state index is 13.9. The number of methoxy groups -OCH3 is 2. The largest absolute Gasteiger partial charge is 0.496 e. The second kappa shape index (κ2) is 10.8. The monoisotopic (exact) mass is 576 g/mol. The highest BCUT2D eigenvalue weighted by Crippen LogP contribution is 2.70. The third kappa shape index (κ3) is 3.97. The van der Waals surface area contributed by atoms with Gasteiger partial charge >= 0.3 is 0 Å². The van der Waals surface area contributed by atoms with Gasteiger partial charge in [-0.05, 0) is 23.3 Å². The standard InChI is InChI=1S/C32H36N2O8/c1-33(40-4)30(36)26-27(20-8-6-5-7-9-20)32(21-10-12-22(13-11-21)34-14-16-41-17-15-34)31(37,29(26)35)28-24(39-3)18-23(38-2)19-25(28)42-32/h5-13,18-19,26-27,29,35,37H,14-17H2,1-4H3/t26-,27-,29-,31+,32+/m1/s1. The van der Waals surface area contributed by atoms with Gasteiger partial charge in [0.2, 0.25) is 0 Å². The van der Waals surface area contributed by atoms with Gasteiger partial charge in [0, 0.05) is 43.9 Å². The molecule has 2 N–H and O–H groups in total. The summed E-state index contributed by atoms with van der Waals surface area (Å²) in [5.41, 5.74) is -1.16. The van der Waals surface area contributed by atoms with Crippen LogP contribution in [0.4, 0.5) is 5.69 Å². The molecule has 0 spiro atoms. The Hall–Kier alpha value is -3.83. The number of rotatable bonds is 7. The predicted molar refractivity (Wildman–Crippen MR) is 154 cm³/mol. The molecule has 2 fully saturated rings. The molecule has 10 nitrogen and oxygen atoms in total. The zero-order valence-corrected chi connectivity index (χ0v) is 24.1. The van der Waals surface area contributed by atoms with E-state index in [4.69, 9.17) is 23.8 Å². The molecule has 2 heterocycles. The van der Waals surface area contributed by atoms with Gasteiger partial charge in [-0.25, -0.2) is 5.06 Å². The molecule has 0 bridgehead atoms. The minimum atomic E-state index is -2.10. The number of hydroxylamine groups is 2. The van der Waals surface area contributed by atoms with Gasteiger partial charge in [-0.15, -0.1) is 0 Å². The Morgan fingerprint density at radius 1 is 1.00 bits per heavy atom. The normalized spacial score (nSPS) is 28.0. The van der Waals surface area contributed by atoms with Crippen LogP contribution in [-0.4, -0.2) is 82.0 Å². The van der Waals surface area contributed by atoms with Crippen LogP contribution in [0.3, 0.4) is 0 Å². The highest BCUT2D eigenvalue weighted by Gasteiger charge is 2.78. The van der Waals surface area contributed by atoms with Crippen molar-refractivity contribution in [3.63, 3.8) is 0 Å². The summed E-state index contributed by atoms with van der Waals surface area (Å²) in [6, 6.07) is 20.4. The highest BCUT2D eigenvalue weighted by atomic mass is 16.7. The van der Waals surface area contributed by atoms with Gasteiger partial charge in [0.25, 0.3) is 5.91 Å². The first kappa shape index (κ1) is 28.3. The molecule has 1 amide bonds. The minimum absolute atomic E-state index is 0.256. The summed E-state index contributed by atoms with van der Waals surface area (Å²) < 4.78 is 23.7. The molecule has 5 atom stereocenters. The van der Waals surface area contributed by atoms with Gasteiger partial charge in [0.1, 0.15) is 23.4 Å². The SMILES string of the molecule is COc1cc(OC)c2c(c1)O[C@@]1(c3ccc(N4CCOCC4)cc3)[C@H](c3ccccc3)[C@@H](C(=O)N(C)OC)[C@@H](O)[C@@]21O. The van der Waals surface area contributed by atoms with Gasteiger partial charge in [0.15, 0.2) is 11.2 Å². The number of morpholine rings is 1. The fraction of sp³-hybridized carbons (Fsp3) is 0.406. The molecule has 3 aromatic carbocycles. The van der Waals surface area contributed by atoms with Gasteiger partial charge in [-0.2, -0.15) is 0 Å². The number of benzene rings is 3. The van der Waals surface area contributed by atoms with Crippen molar-refractivity contribution in [3.05, 3.63) is 83.4 Å². The number of fused-ring (bicyclic) bond motifs is 3. The van der Waals surface area contributed by atoms with Crippen molar-refractivity contribution in [1.29, 1.82) is 0 Å². The number of hydrogen-bond acceptors (Lipinski definition) is 9. The fourth-order valence-corrected chi connectivity index (χ4v) is 6.98. The third-order valence-corrected chi connectivity index (χ3v) is 8.98. The van der Waals surface area contributed by atoms with Crippen LogP contribution in [0.25, 0.3) is 0 Å². The van der Waals surface area contributed by atoms with Crippen LogP contribution in [0.1, 0.15) is 22.6 Å². The molecular weight excluding hydrogens is 540 g/mol. The lowest BCUT2D eigenvalue weighted by Gasteiger charge is -2.41. The molecule has 0 aromatic heterocycles. The van der Waals surface area contributed by atoms with Crippen LogP contribution in [0.15, 0.2) is 66.7 Å². The number of aliphatic hydroxyl groups excluding tert-OH is 1. The lowest BCUT2D eigenvalue weighted by atomic mass is 9.70. The first-order valence-corrected chi connectivity index (χ1v) is 14.0. The maximum atomic E-state index is 13.9. The molecule has 0 radical (unpaired) electrons. The number of carbonyl (C=O) groups is 1. The summed E-state index contributed by atoms with van der Waals surface area (Å²) in [6.07, 6.45) is -1.60. The molecule has 222 valence electrons. The molecule has 3 aliphatic rings. The van der Waals surface area contributed by atoms with E-state index >= 15 is 0 Å². The number of aliphatic hydroxyl groups is 2. The molecule has 1 aliphatic carbocycles.